The Morgan fingerprint density at radius 2 is 1.96 bits per heavy atom. The highest BCUT2D eigenvalue weighted by molar-refractivity contribution is 6.06. The number of amides is 1. The van der Waals surface area contributed by atoms with Gasteiger partial charge in [0.25, 0.3) is 5.69 Å². The normalized spacial score (nSPS) is 10.8. The molecule has 6 nitrogen and oxygen atoms in total. The topological polar surface area (TPSA) is 85.1 Å². The summed E-state index contributed by atoms with van der Waals surface area (Å²) in [5.41, 5.74) is 2.02. The molecule has 1 heterocycles. The van der Waals surface area contributed by atoms with Crippen LogP contribution in [0.2, 0.25) is 0 Å². The Balaban J connectivity index is 1.78. The molecule has 6 heteroatoms. The lowest BCUT2D eigenvalue weighted by molar-refractivity contribution is -0.384. The number of nitrogens with zero attached hydrogens (tertiary/aromatic N) is 2. The monoisotopic (exact) mass is 319 g/mol. The zero-order valence-corrected chi connectivity index (χ0v) is 12.5. The van der Waals surface area contributed by atoms with Crippen molar-refractivity contribution in [1.29, 1.82) is 0 Å². The molecular weight excluding hydrogens is 306 g/mol. The Morgan fingerprint density at radius 3 is 2.79 bits per heavy atom. The second-order valence-electron chi connectivity index (χ2n) is 5.05. The first kappa shape index (κ1) is 15.4. The molecule has 1 aromatic heterocycles. The minimum absolute atomic E-state index is 0.0160. The van der Waals surface area contributed by atoms with Crippen LogP contribution < -0.4 is 5.32 Å². The quantitative estimate of drug-likeness (QED) is 0.450. The zero-order valence-electron chi connectivity index (χ0n) is 12.5. The number of nitro groups is 1. The van der Waals surface area contributed by atoms with Gasteiger partial charge in [0.1, 0.15) is 0 Å². The Hall–Kier alpha value is -3.54. The molecule has 0 aliphatic carbocycles. The van der Waals surface area contributed by atoms with Crippen LogP contribution in [0.25, 0.3) is 17.0 Å². The van der Waals surface area contributed by atoms with Gasteiger partial charge in [-0.2, -0.15) is 0 Å². The van der Waals surface area contributed by atoms with Gasteiger partial charge in [-0.3, -0.25) is 19.9 Å². The summed E-state index contributed by atoms with van der Waals surface area (Å²) in [7, 11) is 0. The van der Waals surface area contributed by atoms with Crippen molar-refractivity contribution in [3.05, 3.63) is 82.5 Å². The summed E-state index contributed by atoms with van der Waals surface area (Å²) in [5, 5.41) is 14.4. The molecule has 0 saturated heterocycles. The van der Waals surface area contributed by atoms with Crippen molar-refractivity contribution in [3.63, 3.8) is 0 Å². The second kappa shape index (κ2) is 6.70. The maximum absolute atomic E-state index is 12.1. The number of rotatable bonds is 4. The predicted molar refractivity (Wildman–Crippen MR) is 92.5 cm³/mol. The van der Waals surface area contributed by atoms with Crippen LogP contribution in [0, 0.1) is 10.1 Å². The maximum atomic E-state index is 12.1. The molecule has 118 valence electrons. The average Bonchev–Trinajstić information content (AvgIpc) is 2.60. The molecule has 1 amide bonds. The molecule has 0 unspecified atom stereocenters. The standard InChI is InChI=1S/C18H13N3O3/c22-18(10-9-13-4-1-5-14(12-13)21(23)24)20-17-8-2-7-16-15(17)6-3-11-19-16/h1-12H,(H,20,22)/b10-9+. The van der Waals surface area contributed by atoms with Crippen molar-refractivity contribution < 1.29 is 9.72 Å². The van der Waals surface area contributed by atoms with E-state index in [1.165, 1.54) is 24.3 Å². The van der Waals surface area contributed by atoms with E-state index in [4.69, 9.17) is 0 Å². The highest BCUT2D eigenvalue weighted by Gasteiger charge is 2.05. The van der Waals surface area contributed by atoms with E-state index in [-0.39, 0.29) is 11.6 Å². The summed E-state index contributed by atoms with van der Waals surface area (Å²) in [6.45, 7) is 0. The molecule has 1 N–H and O–H groups in total. The summed E-state index contributed by atoms with van der Waals surface area (Å²) in [6, 6.07) is 15.2. The minimum atomic E-state index is -0.472. The van der Waals surface area contributed by atoms with Gasteiger partial charge < -0.3 is 5.32 Å². The average molecular weight is 319 g/mol. The zero-order chi connectivity index (χ0) is 16.9. The number of carbonyl (C=O) groups excluding carboxylic acids is 1. The number of nitrogens with one attached hydrogen (secondary N) is 1. The fourth-order valence-corrected chi connectivity index (χ4v) is 2.30. The SMILES string of the molecule is O=C(/C=C/c1cccc([N+](=O)[O-])c1)Nc1cccc2ncccc12. The number of hydrogen-bond donors (Lipinski definition) is 1. The van der Waals surface area contributed by atoms with E-state index in [1.807, 2.05) is 18.2 Å². The molecule has 0 bridgehead atoms. The van der Waals surface area contributed by atoms with Gasteiger partial charge in [0, 0.05) is 29.8 Å². The van der Waals surface area contributed by atoms with Crippen LogP contribution in [0.1, 0.15) is 5.56 Å². The second-order valence-corrected chi connectivity index (χ2v) is 5.05. The van der Waals surface area contributed by atoms with Crippen molar-refractivity contribution in [1.82, 2.24) is 4.98 Å². The van der Waals surface area contributed by atoms with E-state index in [2.05, 4.69) is 10.3 Å². The van der Waals surface area contributed by atoms with Crippen molar-refractivity contribution in [2.75, 3.05) is 5.32 Å². The lowest BCUT2D eigenvalue weighted by atomic mass is 10.1. The first-order valence-corrected chi connectivity index (χ1v) is 7.21. The van der Waals surface area contributed by atoms with Gasteiger partial charge in [-0.05, 0) is 35.9 Å². The highest BCUT2D eigenvalue weighted by Crippen LogP contribution is 2.21. The predicted octanol–water partition coefficient (Wildman–Crippen LogP) is 3.79. The number of hydrogen-bond acceptors (Lipinski definition) is 4. The Labute approximate surface area is 137 Å². The van der Waals surface area contributed by atoms with Gasteiger partial charge in [-0.1, -0.05) is 18.2 Å². The van der Waals surface area contributed by atoms with Crippen molar-refractivity contribution in [2.45, 2.75) is 0 Å². The number of nitro benzene ring substituents is 1. The van der Waals surface area contributed by atoms with E-state index >= 15 is 0 Å². The lowest BCUT2D eigenvalue weighted by Gasteiger charge is -2.06. The molecule has 3 aromatic rings. The van der Waals surface area contributed by atoms with E-state index in [1.54, 1.807) is 30.5 Å². The first-order valence-electron chi connectivity index (χ1n) is 7.21. The van der Waals surface area contributed by atoms with E-state index in [0.717, 1.165) is 10.9 Å². The number of benzene rings is 2. The van der Waals surface area contributed by atoms with Crippen LogP contribution >= 0.6 is 0 Å². The lowest BCUT2D eigenvalue weighted by Crippen LogP contribution is -2.08. The fourth-order valence-electron chi connectivity index (χ4n) is 2.30. The number of pyridine rings is 1. The first-order chi connectivity index (χ1) is 11.6. The van der Waals surface area contributed by atoms with Gasteiger partial charge in [0.2, 0.25) is 5.91 Å². The van der Waals surface area contributed by atoms with Gasteiger partial charge in [0.15, 0.2) is 0 Å². The van der Waals surface area contributed by atoms with Gasteiger partial charge >= 0.3 is 0 Å². The summed E-state index contributed by atoms with van der Waals surface area (Å²) >= 11 is 0. The number of aromatic nitrogens is 1. The molecular formula is C18H13N3O3. The highest BCUT2D eigenvalue weighted by atomic mass is 16.6. The van der Waals surface area contributed by atoms with Crippen molar-refractivity contribution in [3.8, 4) is 0 Å². The molecule has 0 aliphatic heterocycles. The van der Waals surface area contributed by atoms with Crippen LogP contribution in [0.3, 0.4) is 0 Å². The number of fused-ring (bicyclic) bond motifs is 1. The molecule has 3 rings (SSSR count). The molecule has 0 radical (unpaired) electrons. The molecule has 24 heavy (non-hydrogen) atoms. The fraction of sp³-hybridized carbons (Fsp3) is 0. The van der Waals surface area contributed by atoms with Gasteiger partial charge in [-0.25, -0.2) is 0 Å². The summed E-state index contributed by atoms with van der Waals surface area (Å²) in [6.07, 6.45) is 4.57. The van der Waals surface area contributed by atoms with Crippen molar-refractivity contribution >= 4 is 34.3 Å². The summed E-state index contributed by atoms with van der Waals surface area (Å²) in [5.74, 6) is -0.321. The molecule has 0 aliphatic rings. The van der Waals surface area contributed by atoms with Crippen LogP contribution in [-0.2, 0) is 4.79 Å². The third-order valence-electron chi connectivity index (χ3n) is 3.41. The summed E-state index contributed by atoms with van der Waals surface area (Å²) in [4.78, 5) is 26.6. The smallest absolute Gasteiger partial charge is 0.270 e. The number of non-ortho nitro benzene ring substituents is 1. The molecule has 0 spiro atoms. The Morgan fingerprint density at radius 1 is 1.12 bits per heavy atom. The van der Waals surface area contributed by atoms with E-state index in [9.17, 15) is 14.9 Å². The van der Waals surface area contributed by atoms with Gasteiger partial charge in [-0.15, -0.1) is 0 Å². The maximum Gasteiger partial charge on any atom is 0.270 e. The van der Waals surface area contributed by atoms with E-state index < -0.39 is 4.92 Å². The number of anilines is 1. The van der Waals surface area contributed by atoms with Crippen LogP contribution in [0.5, 0.6) is 0 Å². The number of carbonyl (C=O) groups is 1. The van der Waals surface area contributed by atoms with Crippen LogP contribution in [0.4, 0.5) is 11.4 Å². The molecule has 0 fully saturated rings. The van der Waals surface area contributed by atoms with Gasteiger partial charge in [0.05, 0.1) is 16.1 Å². The van der Waals surface area contributed by atoms with E-state index in [0.29, 0.717) is 11.3 Å². The van der Waals surface area contributed by atoms with Crippen LogP contribution in [0.15, 0.2) is 66.9 Å². The Bertz CT molecular complexity index is 946. The third kappa shape index (κ3) is 3.44. The van der Waals surface area contributed by atoms with Crippen LogP contribution in [-0.4, -0.2) is 15.8 Å². The molecule has 0 saturated carbocycles. The molecule has 2 aromatic carbocycles. The summed E-state index contributed by atoms with van der Waals surface area (Å²) < 4.78 is 0. The molecule has 0 atom stereocenters. The van der Waals surface area contributed by atoms with Crippen molar-refractivity contribution in [2.24, 2.45) is 0 Å². The third-order valence-corrected chi connectivity index (χ3v) is 3.41. The Kier molecular flexibility index (Phi) is 4.29. The largest absolute Gasteiger partial charge is 0.322 e. The minimum Gasteiger partial charge on any atom is -0.322 e.